The molecular formula is C17H21N7O2. The van der Waals surface area contributed by atoms with E-state index >= 15 is 0 Å². The Hall–Kier alpha value is -3.23. The van der Waals surface area contributed by atoms with E-state index in [1.807, 2.05) is 13.0 Å². The molecule has 0 bridgehead atoms. The summed E-state index contributed by atoms with van der Waals surface area (Å²) in [6.45, 7) is 1.82. The quantitative estimate of drug-likeness (QED) is 0.557. The van der Waals surface area contributed by atoms with E-state index in [0.717, 1.165) is 24.2 Å². The summed E-state index contributed by atoms with van der Waals surface area (Å²) >= 11 is 0. The average molecular weight is 355 g/mol. The molecule has 2 heterocycles. The van der Waals surface area contributed by atoms with Crippen molar-refractivity contribution in [2.75, 3.05) is 10.6 Å². The number of nitrogens with two attached hydrogens (primary N) is 2. The number of aromatic nitrogens is 3. The number of primary amides is 2. The minimum absolute atomic E-state index is 0.00691. The van der Waals surface area contributed by atoms with Crippen LogP contribution >= 0.6 is 0 Å². The summed E-state index contributed by atoms with van der Waals surface area (Å²) in [5.74, 6) is -0.183. The van der Waals surface area contributed by atoms with Gasteiger partial charge in [-0.25, -0.2) is 9.97 Å². The van der Waals surface area contributed by atoms with Crippen LogP contribution in [0.15, 0.2) is 24.5 Å². The first-order valence-corrected chi connectivity index (χ1v) is 8.43. The zero-order valence-electron chi connectivity index (χ0n) is 14.4. The van der Waals surface area contributed by atoms with Crippen molar-refractivity contribution in [3.63, 3.8) is 0 Å². The Bertz CT molecular complexity index is 836. The normalized spacial score (nSPS) is 14.5. The highest BCUT2D eigenvalue weighted by Crippen LogP contribution is 2.39. The summed E-state index contributed by atoms with van der Waals surface area (Å²) in [5.41, 5.74) is 12.5. The molecule has 9 nitrogen and oxygen atoms in total. The number of hydrogen-bond donors (Lipinski definition) is 4. The fraction of sp³-hybridized carbons (Fsp3) is 0.353. The van der Waals surface area contributed by atoms with Crippen LogP contribution in [0.5, 0.6) is 0 Å². The number of nitrogens with one attached hydrogen (secondary N) is 2. The van der Waals surface area contributed by atoms with E-state index in [9.17, 15) is 9.59 Å². The Morgan fingerprint density at radius 2 is 2.08 bits per heavy atom. The summed E-state index contributed by atoms with van der Waals surface area (Å²) in [5, 5.41) is 5.97. The largest absolute Gasteiger partial charge is 0.368 e. The molecule has 1 atom stereocenters. The maximum Gasteiger partial charge on any atom is 0.271 e. The molecule has 1 unspecified atom stereocenters. The Labute approximate surface area is 150 Å². The van der Waals surface area contributed by atoms with Crippen LogP contribution in [0.25, 0.3) is 0 Å². The second-order valence-electron chi connectivity index (χ2n) is 6.19. The Kier molecular flexibility index (Phi) is 4.97. The van der Waals surface area contributed by atoms with Crippen molar-refractivity contribution in [3.05, 3.63) is 35.9 Å². The second kappa shape index (κ2) is 7.34. The monoisotopic (exact) mass is 355 g/mol. The van der Waals surface area contributed by atoms with Gasteiger partial charge in [-0.2, -0.15) is 0 Å². The fourth-order valence-corrected chi connectivity index (χ4v) is 2.54. The predicted octanol–water partition coefficient (Wildman–Crippen LogP) is 1.27. The number of carbonyl (C=O) groups is 2. The average Bonchev–Trinajstić information content (AvgIpc) is 3.44. The summed E-state index contributed by atoms with van der Waals surface area (Å²) < 4.78 is 0. The van der Waals surface area contributed by atoms with Crippen molar-refractivity contribution in [1.82, 2.24) is 15.0 Å². The SMILES string of the molecule is CCC(Nc1cnc(C(N)=O)c(Nc2ccnc(C3CC3)c2)n1)C(N)=O. The highest BCUT2D eigenvalue weighted by Gasteiger charge is 2.25. The number of pyridine rings is 1. The lowest BCUT2D eigenvalue weighted by Gasteiger charge is -2.16. The van der Waals surface area contributed by atoms with Gasteiger partial charge in [-0.05, 0) is 31.4 Å². The van der Waals surface area contributed by atoms with E-state index in [-0.39, 0.29) is 11.5 Å². The van der Waals surface area contributed by atoms with E-state index in [2.05, 4.69) is 25.6 Å². The van der Waals surface area contributed by atoms with Crippen LogP contribution in [-0.4, -0.2) is 32.8 Å². The molecule has 0 radical (unpaired) electrons. The molecule has 1 saturated carbocycles. The Morgan fingerprint density at radius 1 is 1.31 bits per heavy atom. The van der Waals surface area contributed by atoms with Crippen molar-refractivity contribution >= 4 is 29.1 Å². The molecule has 0 aliphatic heterocycles. The molecule has 136 valence electrons. The number of hydrogen-bond acceptors (Lipinski definition) is 7. The third-order valence-corrected chi connectivity index (χ3v) is 4.12. The molecular weight excluding hydrogens is 334 g/mol. The molecule has 1 fully saturated rings. The lowest BCUT2D eigenvalue weighted by Crippen LogP contribution is -2.35. The van der Waals surface area contributed by atoms with Gasteiger partial charge in [0.1, 0.15) is 11.9 Å². The molecule has 26 heavy (non-hydrogen) atoms. The molecule has 1 aliphatic rings. The van der Waals surface area contributed by atoms with Gasteiger partial charge in [-0.15, -0.1) is 0 Å². The number of anilines is 3. The second-order valence-corrected chi connectivity index (χ2v) is 6.19. The molecule has 2 aromatic heterocycles. The highest BCUT2D eigenvalue weighted by molar-refractivity contribution is 5.96. The summed E-state index contributed by atoms with van der Waals surface area (Å²) in [7, 11) is 0. The highest BCUT2D eigenvalue weighted by atomic mass is 16.1. The molecule has 0 spiro atoms. The fourth-order valence-electron chi connectivity index (χ4n) is 2.54. The van der Waals surface area contributed by atoms with Crippen molar-refractivity contribution in [3.8, 4) is 0 Å². The van der Waals surface area contributed by atoms with Crippen molar-refractivity contribution in [1.29, 1.82) is 0 Å². The van der Waals surface area contributed by atoms with E-state index in [0.29, 0.717) is 18.2 Å². The standard InChI is InChI=1S/C17H21N7O2/c1-2-11(15(18)25)23-13-8-21-14(16(19)26)17(24-13)22-10-5-6-20-12(7-10)9-3-4-9/h5-9,11H,2-4H2,1H3,(H2,18,25)(H2,19,26)(H2,20,22,23,24). The third-order valence-electron chi connectivity index (χ3n) is 4.12. The number of amides is 2. The number of rotatable bonds is 8. The van der Waals surface area contributed by atoms with Crippen molar-refractivity contribution < 1.29 is 9.59 Å². The first kappa shape index (κ1) is 17.6. The molecule has 9 heteroatoms. The first-order valence-electron chi connectivity index (χ1n) is 8.43. The van der Waals surface area contributed by atoms with Crippen LogP contribution in [0.4, 0.5) is 17.3 Å². The van der Waals surface area contributed by atoms with Crippen molar-refractivity contribution in [2.45, 2.75) is 38.1 Å². The smallest absolute Gasteiger partial charge is 0.271 e. The van der Waals surface area contributed by atoms with Gasteiger partial charge in [0.2, 0.25) is 5.91 Å². The number of carbonyl (C=O) groups excluding carboxylic acids is 2. The van der Waals surface area contributed by atoms with Crippen molar-refractivity contribution in [2.24, 2.45) is 11.5 Å². The number of nitrogens with zero attached hydrogens (tertiary/aromatic N) is 3. The van der Waals surface area contributed by atoms with Crippen LogP contribution in [-0.2, 0) is 4.79 Å². The molecule has 1 aliphatic carbocycles. The van der Waals surface area contributed by atoms with Gasteiger partial charge >= 0.3 is 0 Å². The topological polar surface area (TPSA) is 149 Å². The maximum atomic E-state index is 11.7. The maximum absolute atomic E-state index is 11.7. The third kappa shape index (κ3) is 4.05. The zero-order valence-corrected chi connectivity index (χ0v) is 14.4. The summed E-state index contributed by atoms with van der Waals surface area (Å²) in [6, 6.07) is 3.11. The Balaban J connectivity index is 1.88. The van der Waals surface area contributed by atoms with Gasteiger partial charge in [-0.1, -0.05) is 6.92 Å². The van der Waals surface area contributed by atoms with Crippen LogP contribution in [0.2, 0.25) is 0 Å². The molecule has 2 amide bonds. The van der Waals surface area contributed by atoms with Gasteiger partial charge in [0, 0.05) is 23.5 Å². The van der Waals surface area contributed by atoms with Crippen LogP contribution in [0, 0.1) is 0 Å². The first-order chi connectivity index (χ1) is 12.5. The van der Waals surface area contributed by atoms with E-state index < -0.39 is 17.9 Å². The minimum atomic E-state index is -0.704. The van der Waals surface area contributed by atoms with Gasteiger partial charge in [0.15, 0.2) is 11.5 Å². The molecule has 0 saturated heterocycles. The van der Waals surface area contributed by atoms with E-state index in [1.165, 1.54) is 6.20 Å². The lowest BCUT2D eigenvalue weighted by molar-refractivity contribution is -0.118. The molecule has 3 rings (SSSR count). The van der Waals surface area contributed by atoms with E-state index in [1.54, 1.807) is 12.3 Å². The van der Waals surface area contributed by atoms with Gasteiger partial charge < -0.3 is 22.1 Å². The summed E-state index contributed by atoms with van der Waals surface area (Å²) in [6.07, 6.45) is 5.81. The van der Waals surface area contributed by atoms with Gasteiger partial charge in [0.25, 0.3) is 5.91 Å². The lowest BCUT2D eigenvalue weighted by atomic mass is 10.2. The molecule has 6 N–H and O–H groups in total. The Morgan fingerprint density at radius 3 is 2.69 bits per heavy atom. The predicted molar refractivity (Wildman–Crippen MR) is 96.9 cm³/mol. The summed E-state index contributed by atoms with van der Waals surface area (Å²) in [4.78, 5) is 35.8. The van der Waals surface area contributed by atoms with Crippen LogP contribution < -0.4 is 22.1 Å². The van der Waals surface area contributed by atoms with Gasteiger partial charge in [-0.3, -0.25) is 14.6 Å². The van der Waals surface area contributed by atoms with Crippen LogP contribution in [0.3, 0.4) is 0 Å². The minimum Gasteiger partial charge on any atom is -0.368 e. The molecule has 2 aromatic rings. The van der Waals surface area contributed by atoms with Crippen LogP contribution in [0.1, 0.15) is 48.3 Å². The zero-order chi connectivity index (χ0) is 18.7. The molecule has 0 aromatic carbocycles. The van der Waals surface area contributed by atoms with Gasteiger partial charge in [0.05, 0.1) is 6.20 Å². The van der Waals surface area contributed by atoms with E-state index in [4.69, 9.17) is 11.5 Å².